The van der Waals surface area contributed by atoms with Gasteiger partial charge in [-0.25, -0.2) is 9.18 Å². The third-order valence-corrected chi connectivity index (χ3v) is 1.65. The largest absolute Gasteiger partial charge is 0.447 e. The van der Waals surface area contributed by atoms with Crippen LogP contribution in [0.4, 0.5) is 13.6 Å². The fourth-order valence-electron chi connectivity index (χ4n) is 1.00. The number of hydrogen-bond donors (Lipinski definition) is 0. The Morgan fingerprint density at radius 3 is 2.91 bits per heavy atom. The highest BCUT2D eigenvalue weighted by Gasteiger charge is 2.32. The normalized spacial score (nSPS) is 24.0. The van der Waals surface area contributed by atoms with Gasteiger partial charge >= 0.3 is 6.09 Å². The van der Waals surface area contributed by atoms with Gasteiger partial charge in [0.1, 0.15) is 6.61 Å². The minimum absolute atomic E-state index is 0.104. The molecule has 0 aromatic rings. The van der Waals surface area contributed by atoms with Crippen molar-refractivity contribution in [2.75, 3.05) is 20.1 Å². The number of alkyl halides is 2. The molecule has 1 saturated heterocycles. The molecule has 3 nitrogen and oxygen atoms in total. The van der Waals surface area contributed by atoms with Crippen molar-refractivity contribution in [3.8, 4) is 0 Å². The summed E-state index contributed by atoms with van der Waals surface area (Å²) in [6, 6.07) is -0.419. The molecule has 1 amide bonds. The summed E-state index contributed by atoms with van der Waals surface area (Å²) in [5, 5.41) is 0. The van der Waals surface area contributed by atoms with E-state index in [1.54, 1.807) is 0 Å². The summed E-state index contributed by atoms with van der Waals surface area (Å²) >= 11 is 0. The smallest absolute Gasteiger partial charge is 0.412 e. The van der Waals surface area contributed by atoms with E-state index >= 15 is 0 Å². The lowest BCUT2D eigenvalue weighted by molar-refractivity contribution is 0.141. The van der Waals surface area contributed by atoms with Gasteiger partial charge in [0.05, 0.1) is 12.7 Å². The van der Waals surface area contributed by atoms with E-state index in [4.69, 9.17) is 0 Å². The fourth-order valence-corrected chi connectivity index (χ4v) is 1.00. The Hall–Kier alpha value is -0.870. The van der Waals surface area contributed by atoms with Crippen molar-refractivity contribution in [1.29, 1.82) is 0 Å². The average molecular weight is 165 g/mol. The Labute approximate surface area is 62.9 Å². The topological polar surface area (TPSA) is 29.5 Å². The molecule has 1 rings (SSSR count). The molecule has 0 radical (unpaired) electrons. The van der Waals surface area contributed by atoms with E-state index in [1.165, 1.54) is 0 Å². The van der Waals surface area contributed by atoms with Crippen LogP contribution in [-0.4, -0.2) is 37.1 Å². The van der Waals surface area contributed by atoms with Crippen molar-refractivity contribution in [3.63, 3.8) is 0 Å². The first-order valence-corrected chi connectivity index (χ1v) is 3.35. The zero-order chi connectivity index (χ0) is 8.27. The highest BCUT2D eigenvalue weighted by Crippen LogP contribution is 2.14. The molecule has 11 heavy (non-hydrogen) atoms. The number of cyclic esters (lactones) is 1. The van der Waals surface area contributed by atoms with E-state index in [0.717, 1.165) is 4.90 Å². The summed E-state index contributed by atoms with van der Waals surface area (Å²) in [6.45, 7) is -1.35. The summed E-state index contributed by atoms with van der Waals surface area (Å²) in [5.74, 6) is 0. The van der Waals surface area contributed by atoms with Crippen molar-refractivity contribution in [3.05, 3.63) is 0 Å². The molecule has 0 saturated carbocycles. The highest BCUT2D eigenvalue weighted by molar-refractivity contribution is 5.69. The molecule has 0 bridgehead atoms. The lowest BCUT2D eigenvalue weighted by Gasteiger charge is -2.15. The number of carbonyl (C=O) groups excluding carboxylic acids is 1. The van der Waals surface area contributed by atoms with Crippen molar-refractivity contribution in [2.24, 2.45) is 0 Å². The van der Waals surface area contributed by atoms with Gasteiger partial charge in [-0.2, -0.15) is 0 Å². The van der Waals surface area contributed by atoms with Gasteiger partial charge in [0, 0.05) is 0 Å². The zero-order valence-electron chi connectivity index (χ0n) is 5.93. The molecule has 64 valence electrons. The second kappa shape index (κ2) is 3.50. The van der Waals surface area contributed by atoms with Gasteiger partial charge in [-0.15, -0.1) is 0 Å². The number of ether oxygens (including phenoxy) is 1. The Bertz CT molecular complexity index is 154. The molecule has 5 heteroatoms. The van der Waals surface area contributed by atoms with Gasteiger partial charge in [0.15, 0.2) is 6.80 Å². The minimum Gasteiger partial charge on any atom is -0.447 e. The molecular formula is C6H9F2NO2. The van der Waals surface area contributed by atoms with Crippen LogP contribution in [0.1, 0.15) is 6.42 Å². The second-order valence-corrected chi connectivity index (χ2v) is 2.30. The Morgan fingerprint density at radius 1 is 1.64 bits per heavy atom. The summed E-state index contributed by atoms with van der Waals surface area (Å²) in [4.78, 5) is 11.5. The van der Waals surface area contributed by atoms with Crippen molar-refractivity contribution < 1.29 is 18.3 Å². The molecule has 0 spiro atoms. The number of nitrogens with zero attached hydrogens (tertiary/aromatic N) is 1. The van der Waals surface area contributed by atoms with Crippen molar-refractivity contribution >= 4 is 6.09 Å². The molecule has 1 heterocycles. The van der Waals surface area contributed by atoms with Gasteiger partial charge in [0.2, 0.25) is 0 Å². The van der Waals surface area contributed by atoms with E-state index in [1.807, 2.05) is 0 Å². The maximum Gasteiger partial charge on any atom is 0.412 e. The first kappa shape index (κ1) is 8.23. The molecule has 1 fully saturated rings. The maximum absolute atomic E-state index is 12.0. The molecule has 1 unspecified atom stereocenters. The molecule has 0 aromatic heterocycles. The third kappa shape index (κ3) is 1.58. The SMILES string of the molecule is O=C1OCC(CCF)N1CF. The van der Waals surface area contributed by atoms with Crippen molar-refractivity contribution in [1.82, 2.24) is 4.90 Å². The van der Waals surface area contributed by atoms with Crippen LogP contribution in [0.25, 0.3) is 0 Å². The number of amides is 1. The summed E-state index contributed by atoms with van der Waals surface area (Å²) in [7, 11) is 0. The molecule has 1 atom stereocenters. The third-order valence-electron chi connectivity index (χ3n) is 1.65. The first-order valence-electron chi connectivity index (χ1n) is 3.35. The van der Waals surface area contributed by atoms with Gasteiger partial charge in [-0.1, -0.05) is 0 Å². The van der Waals surface area contributed by atoms with Crippen LogP contribution in [-0.2, 0) is 4.74 Å². The highest BCUT2D eigenvalue weighted by atomic mass is 19.1. The van der Waals surface area contributed by atoms with Crippen LogP contribution in [0.2, 0.25) is 0 Å². The van der Waals surface area contributed by atoms with E-state index in [-0.39, 0.29) is 13.0 Å². The summed E-state index contributed by atoms with van der Waals surface area (Å²) in [5.41, 5.74) is 0. The number of carbonyl (C=O) groups is 1. The van der Waals surface area contributed by atoms with Crippen LogP contribution in [0.15, 0.2) is 0 Å². The second-order valence-electron chi connectivity index (χ2n) is 2.30. The van der Waals surface area contributed by atoms with Crippen LogP contribution >= 0.6 is 0 Å². The van der Waals surface area contributed by atoms with E-state index in [0.29, 0.717) is 0 Å². The number of halogens is 2. The van der Waals surface area contributed by atoms with Crippen LogP contribution in [0.5, 0.6) is 0 Å². The lowest BCUT2D eigenvalue weighted by atomic mass is 10.2. The number of hydrogen-bond acceptors (Lipinski definition) is 2. The first-order chi connectivity index (χ1) is 5.29. The van der Waals surface area contributed by atoms with Crippen LogP contribution < -0.4 is 0 Å². The predicted molar refractivity (Wildman–Crippen MR) is 33.5 cm³/mol. The Balaban J connectivity index is 2.47. The van der Waals surface area contributed by atoms with Crippen LogP contribution in [0, 0.1) is 0 Å². The predicted octanol–water partition coefficient (Wildman–Crippen LogP) is 1.09. The molecule has 0 N–H and O–H groups in total. The monoisotopic (exact) mass is 165 g/mol. The van der Waals surface area contributed by atoms with Gasteiger partial charge in [-0.3, -0.25) is 9.29 Å². The lowest BCUT2D eigenvalue weighted by Crippen LogP contribution is -2.32. The fraction of sp³-hybridized carbons (Fsp3) is 0.833. The molecule has 1 aliphatic rings. The molecule has 0 aliphatic carbocycles. The summed E-state index contributed by atoms with van der Waals surface area (Å²) < 4.78 is 28.3. The zero-order valence-corrected chi connectivity index (χ0v) is 5.93. The number of rotatable bonds is 3. The molecule has 0 aromatic carbocycles. The van der Waals surface area contributed by atoms with Crippen LogP contribution in [0.3, 0.4) is 0 Å². The van der Waals surface area contributed by atoms with E-state index in [2.05, 4.69) is 4.74 Å². The molecule has 1 aliphatic heterocycles. The average Bonchev–Trinajstić information content (AvgIpc) is 2.33. The minimum atomic E-state index is -0.899. The van der Waals surface area contributed by atoms with Gasteiger partial charge in [-0.05, 0) is 6.42 Å². The Morgan fingerprint density at radius 2 is 2.36 bits per heavy atom. The van der Waals surface area contributed by atoms with Gasteiger partial charge in [0.25, 0.3) is 0 Å². The van der Waals surface area contributed by atoms with E-state index < -0.39 is 25.6 Å². The standard InChI is InChI=1S/C6H9F2NO2/c7-2-1-5-3-11-6(10)9(5)4-8/h5H,1-4H2. The summed E-state index contributed by atoms with van der Waals surface area (Å²) in [6.07, 6.45) is -0.540. The Kier molecular flexibility index (Phi) is 2.62. The van der Waals surface area contributed by atoms with Gasteiger partial charge < -0.3 is 4.74 Å². The quantitative estimate of drug-likeness (QED) is 0.586. The molecular weight excluding hydrogens is 156 g/mol. The van der Waals surface area contributed by atoms with E-state index in [9.17, 15) is 13.6 Å². The van der Waals surface area contributed by atoms with Crippen molar-refractivity contribution in [2.45, 2.75) is 12.5 Å². The maximum atomic E-state index is 12.0.